The molecule has 0 fully saturated rings. The second kappa shape index (κ2) is 7.97. The second-order valence-electron chi connectivity index (χ2n) is 5.00. The molecule has 1 amide bonds. The number of para-hydroxylation sites is 1. The Labute approximate surface area is 119 Å². The number of halogens is 1. The van der Waals surface area contributed by atoms with Crippen LogP contribution in [-0.4, -0.2) is 30.7 Å². The molecule has 1 aromatic rings. The lowest BCUT2D eigenvalue weighted by atomic mass is 9.83. The molecule has 5 heteroatoms. The number of rotatable bonds is 8. The van der Waals surface area contributed by atoms with E-state index in [9.17, 15) is 14.3 Å². The van der Waals surface area contributed by atoms with Gasteiger partial charge in [-0.25, -0.2) is 4.39 Å². The number of aliphatic hydroxyl groups excluding tert-OH is 1. The molecule has 0 heterocycles. The number of nitrogens with one attached hydrogen (secondary N) is 2. The van der Waals surface area contributed by atoms with Crippen LogP contribution in [0.1, 0.15) is 26.7 Å². The predicted molar refractivity (Wildman–Crippen MR) is 78.0 cm³/mol. The van der Waals surface area contributed by atoms with Crippen LogP contribution in [0.2, 0.25) is 0 Å². The van der Waals surface area contributed by atoms with Crippen molar-refractivity contribution in [2.24, 2.45) is 5.41 Å². The Kier molecular flexibility index (Phi) is 6.61. The van der Waals surface area contributed by atoms with Crippen molar-refractivity contribution >= 4 is 11.6 Å². The quantitative estimate of drug-likeness (QED) is 0.684. The van der Waals surface area contributed by atoms with Crippen LogP contribution in [0.15, 0.2) is 24.3 Å². The minimum absolute atomic E-state index is 0.0853. The lowest BCUT2D eigenvalue weighted by Gasteiger charge is -2.29. The van der Waals surface area contributed by atoms with E-state index in [1.165, 1.54) is 12.1 Å². The summed E-state index contributed by atoms with van der Waals surface area (Å²) < 4.78 is 13.4. The van der Waals surface area contributed by atoms with Crippen LogP contribution in [-0.2, 0) is 4.79 Å². The summed E-state index contributed by atoms with van der Waals surface area (Å²) in [6.07, 6.45) is 1.67. The van der Waals surface area contributed by atoms with E-state index < -0.39 is 5.82 Å². The lowest BCUT2D eigenvalue weighted by Crippen LogP contribution is -2.39. The van der Waals surface area contributed by atoms with Gasteiger partial charge < -0.3 is 15.7 Å². The van der Waals surface area contributed by atoms with Gasteiger partial charge in [0.25, 0.3) is 0 Å². The third kappa shape index (κ3) is 4.58. The minimum Gasteiger partial charge on any atom is -0.396 e. The Hall–Kier alpha value is -1.46. The maximum atomic E-state index is 13.4. The molecule has 0 bridgehead atoms. The van der Waals surface area contributed by atoms with Crippen molar-refractivity contribution in [3.63, 3.8) is 0 Å². The summed E-state index contributed by atoms with van der Waals surface area (Å²) in [5, 5.41) is 15.0. The molecule has 0 unspecified atom stereocenters. The number of hydrogen-bond donors (Lipinski definition) is 3. The molecule has 0 spiro atoms. The molecule has 20 heavy (non-hydrogen) atoms. The van der Waals surface area contributed by atoms with Gasteiger partial charge in [0.2, 0.25) is 5.91 Å². The van der Waals surface area contributed by atoms with Gasteiger partial charge in [-0.05, 0) is 25.0 Å². The Morgan fingerprint density at radius 2 is 1.95 bits per heavy atom. The third-order valence-electron chi connectivity index (χ3n) is 3.77. The Morgan fingerprint density at radius 3 is 2.50 bits per heavy atom. The third-order valence-corrected chi connectivity index (χ3v) is 3.77. The molecule has 1 aromatic carbocycles. The molecule has 0 aromatic heterocycles. The van der Waals surface area contributed by atoms with Gasteiger partial charge in [0, 0.05) is 18.6 Å². The number of carbonyl (C=O) groups is 1. The molecule has 3 N–H and O–H groups in total. The topological polar surface area (TPSA) is 61.4 Å². The number of amides is 1. The van der Waals surface area contributed by atoms with Crippen LogP contribution >= 0.6 is 0 Å². The average Bonchev–Trinajstić information content (AvgIpc) is 2.47. The van der Waals surface area contributed by atoms with E-state index in [0.717, 1.165) is 12.8 Å². The van der Waals surface area contributed by atoms with Gasteiger partial charge in [0.05, 0.1) is 12.2 Å². The first-order valence-electron chi connectivity index (χ1n) is 6.93. The molecule has 0 aliphatic carbocycles. The maximum Gasteiger partial charge on any atom is 0.238 e. The van der Waals surface area contributed by atoms with Gasteiger partial charge >= 0.3 is 0 Å². The SMILES string of the molecule is CCC(CC)(CO)CNCC(=O)Nc1ccccc1F. The summed E-state index contributed by atoms with van der Waals surface area (Å²) in [5.74, 6) is -0.748. The first-order valence-corrected chi connectivity index (χ1v) is 6.93. The van der Waals surface area contributed by atoms with Gasteiger partial charge in [0.15, 0.2) is 0 Å². The van der Waals surface area contributed by atoms with E-state index in [4.69, 9.17) is 0 Å². The molecule has 0 atom stereocenters. The number of hydrogen-bond acceptors (Lipinski definition) is 3. The smallest absolute Gasteiger partial charge is 0.238 e. The van der Waals surface area contributed by atoms with E-state index in [2.05, 4.69) is 10.6 Å². The zero-order valence-corrected chi connectivity index (χ0v) is 12.1. The molecule has 0 radical (unpaired) electrons. The molecular weight excluding hydrogens is 259 g/mol. The van der Waals surface area contributed by atoms with Crippen LogP contribution in [0.25, 0.3) is 0 Å². The highest BCUT2D eigenvalue weighted by Gasteiger charge is 2.24. The minimum atomic E-state index is -0.451. The number of carbonyl (C=O) groups excluding carboxylic acids is 1. The molecule has 112 valence electrons. The van der Waals surface area contributed by atoms with E-state index >= 15 is 0 Å². The summed E-state index contributed by atoms with van der Waals surface area (Å²) in [5.41, 5.74) is -0.0168. The van der Waals surface area contributed by atoms with Gasteiger partial charge in [-0.3, -0.25) is 4.79 Å². The Balaban J connectivity index is 2.43. The maximum absolute atomic E-state index is 13.4. The Morgan fingerprint density at radius 1 is 1.30 bits per heavy atom. The van der Waals surface area contributed by atoms with E-state index in [-0.39, 0.29) is 30.2 Å². The van der Waals surface area contributed by atoms with Crippen molar-refractivity contribution in [2.75, 3.05) is 25.0 Å². The number of aliphatic hydroxyl groups is 1. The predicted octanol–water partition coefficient (Wildman–Crippen LogP) is 2.15. The van der Waals surface area contributed by atoms with E-state index in [1.807, 2.05) is 13.8 Å². The average molecular weight is 282 g/mol. The summed E-state index contributed by atoms with van der Waals surface area (Å²) in [6, 6.07) is 6.05. The van der Waals surface area contributed by atoms with E-state index in [1.54, 1.807) is 12.1 Å². The summed E-state index contributed by atoms with van der Waals surface area (Å²) >= 11 is 0. The van der Waals surface area contributed by atoms with Crippen LogP contribution < -0.4 is 10.6 Å². The monoisotopic (exact) mass is 282 g/mol. The van der Waals surface area contributed by atoms with Crippen molar-refractivity contribution in [2.45, 2.75) is 26.7 Å². The van der Waals surface area contributed by atoms with Gasteiger partial charge in [-0.15, -0.1) is 0 Å². The lowest BCUT2D eigenvalue weighted by molar-refractivity contribution is -0.115. The molecular formula is C15H23FN2O2. The molecule has 0 aliphatic heterocycles. The van der Waals surface area contributed by atoms with Crippen LogP contribution in [0.4, 0.5) is 10.1 Å². The second-order valence-corrected chi connectivity index (χ2v) is 5.00. The van der Waals surface area contributed by atoms with Gasteiger partial charge in [-0.1, -0.05) is 26.0 Å². The fourth-order valence-corrected chi connectivity index (χ4v) is 1.98. The highest BCUT2D eigenvalue weighted by atomic mass is 19.1. The number of anilines is 1. The summed E-state index contributed by atoms with van der Waals surface area (Å²) in [6.45, 7) is 4.76. The van der Waals surface area contributed by atoms with Gasteiger partial charge in [-0.2, -0.15) is 0 Å². The molecule has 0 aliphatic rings. The standard InChI is InChI=1S/C15H23FN2O2/c1-3-15(4-2,11-19)10-17-9-14(20)18-13-8-6-5-7-12(13)16/h5-8,17,19H,3-4,9-11H2,1-2H3,(H,18,20). The van der Waals surface area contributed by atoms with E-state index in [0.29, 0.717) is 6.54 Å². The van der Waals surface area contributed by atoms with Crippen LogP contribution in [0.3, 0.4) is 0 Å². The normalized spacial score (nSPS) is 11.4. The highest BCUT2D eigenvalue weighted by molar-refractivity contribution is 5.92. The first-order chi connectivity index (χ1) is 9.56. The molecule has 1 rings (SSSR count). The summed E-state index contributed by atoms with van der Waals surface area (Å²) in [4.78, 5) is 11.7. The zero-order chi connectivity index (χ0) is 15.0. The van der Waals surface area contributed by atoms with Crippen molar-refractivity contribution in [3.05, 3.63) is 30.1 Å². The molecule has 0 saturated heterocycles. The van der Waals surface area contributed by atoms with Crippen LogP contribution in [0.5, 0.6) is 0 Å². The fourth-order valence-electron chi connectivity index (χ4n) is 1.98. The summed E-state index contributed by atoms with van der Waals surface area (Å²) in [7, 11) is 0. The van der Waals surface area contributed by atoms with Crippen molar-refractivity contribution in [3.8, 4) is 0 Å². The zero-order valence-electron chi connectivity index (χ0n) is 12.1. The fraction of sp³-hybridized carbons (Fsp3) is 0.533. The molecule has 4 nitrogen and oxygen atoms in total. The van der Waals surface area contributed by atoms with Crippen molar-refractivity contribution < 1.29 is 14.3 Å². The van der Waals surface area contributed by atoms with Crippen molar-refractivity contribution in [1.82, 2.24) is 5.32 Å². The largest absolute Gasteiger partial charge is 0.396 e. The molecule has 0 saturated carbocycles. The van der Waals surface area contributed by atoms with Gasteiger partial charge in [0.1, 0.15) is 5.82 Å². The Bertz CT molecular complexity index is 425. The van der Waals surface area contributed by atoms with Crippen molar-refractivity contribution in [1.29, 1.82) is 0 Å². The van der Waals surface area contributed by atoms with Crippen LogP contribution in [0, 0.1) is 11.2 Å². The highest BCUT2D eigenvalue weighted by Crippen LogP contribution is 2.24. The number of benzene rings is 1. The first kappa shape index (κ1) is 16.6.